The van der Waals surface area contributed by atoms with E-state index in [1.807, 2.05) is 66.7 Å². The molecule has 0 radical (unpaired) electrons. The van der Waals surface area contributed by atoms with Gasteiger partial charge < -0.3 is 14.9 Å². The van der Waals surface area contributed by atoms with Crippen LogP contribution >= 0.6 is 11.8 Å². The molecule has 5 nitrogen and oxygen atoms in total. The van der Waals surface area contributed by atoms with Crippen LogP contribution in [0.3, 0.4) is 0 Å². The summed E-state index contributed by atoms with van der Waals surface area (Å²) in [5, 5.41) is 8.24. The van der Waals surface area contributed by atoms with Crippen molar-refractivity contribution in [2.75, 3.05) is 18.9 Å². The summed E-state index contributed by atoms with van der Waals surface area (Å²) in [7, 11) is 0. The summed E-state index contributed by atoms with van der Waals surface area (Å²) in [5.41, 5.74) is 7.46. The van der Waals surface area contributed by atoms with E-state index in [1.165, 1.54) is 0 Å². The van der Waals surface area contributed by atoms with E-state index in [9.17, 15) is 0 Å². The van der Waals surface area contributed by atoms with Gasteiger partial charge >= 0.3 is 0 Å². The van der Waals surface area contributed by atoms with E-state index in [0.717, 1.165) is 22.6 Å². The molecule has 1 heterocycles. The molecular weight excluding hydrogens is 346 g/mol. The highest BCUT2D eigenvalue weighted by atomic mass is 32.2. The van der Waals surface area contributed by atoms with Gasteiger partial charge in [-0.2, -0.15) is 0 Å². The molecule has 0 bridgehead atoms. The van der Waals surface area contributed by atoms with E-state index in [1.54, 1.807) is 11.8 Å². The minimum absolute atomic E-state index is 0.531. The van der Waals surface area contributed by atoms with Crippen molar-refractivity contribution in [1.82, 2.24) is 10.2 Å². The van der Waals surface area contributed by atoms with Crippen LogP contribution in [0.5, 0.6) is 5.75 Å². The average Bonchev–Trinajstić information content (AvgIpc) is 3.16. The predicted molar refractivity (Wildman–Crippen MR) is 106 cm³/mol. The molecule has 6 heteroatoms. The Bertz CT molecular complexity index is 817. The first kappa shape index (κ1) is 18.2. The predicted octanol–water partition coefficient (Wildman–Crippen LogP) is 4.02. The van der Waals surface area contributed by atoms with Gasteiger partial charge in [-0.25, -0.2) is 0 Å². The Hall–Kier alpha value is -2.57. The van der Waals surface area contributed by atoms with E-state index in [-0.39, 0.29) is 0 Å². The number of hydrogen-bond donors (Lipinski definition) is 1. The lowest BCUT2D eigenvalue weighted by molar-refractivity contribution is 0.344. The molecule has 2 N–H and O–H groups in total. The van der Waals surface area contributed by atoms with Gasteiger partial charge in [0, 0.05) is 17.9 Å². The molecule has 134 valence electrons. The quantitative estimate of drug-likeness (QED) is 0.576. The van der Waals surface area contributed by atoms with Gasteiger partial charge in [-0.15, -0.1) is 22.0 Å². The van der Waals surface area contributed by atoms with Crippen molar-refractivity contribution in [2.24, 2.45) is 5.73 Å². The Morgan fingerprint density at radius 2 is 1.85 bits per heavy atom. The largest absolute Gasteiger partial charge is 0.493 e. The highest BCUT2D eigenvalue weighted by molar-refractivity contribution is 7.98. The van der Waals surface area contributed by atoms with Crippen molar-refractivity contribution >= 4 is 17.8 Å². The summed E-state index contributed by atoms with van der Waals surface area (Å²) in [6.45, 7) is 1.18. The monoisotopic (exact) mass is 367 g/mol. The number of aromatic nitrogens is 2. The number of nitrogens with zero attached hydrogens (tertiary/aromatic N) is 2. The molecule has 0 spiro atoms. The van der Waals surface area contributed by atoms with Crippen molar-refractivity contribution < 1.29 is 9.15 Å². The Morgan fingerprint density at radius 1 is 1.04 bits per heavy atom. The maximum atomic E-state index is 5.73. The smallest absolute Gasteiger partial charge is 0.247 e. The zero-order valence-corrected chi connectivity index (χ0v) is 15.2. The van der Waals surface area contributed by atoms with Crippen LogP contribution in [0.25, 0.3) is 17.5 Å². The van der Waals surface area contributed by atoms with E-state index in [2.05, 4.69) is 10.2 Å². The van der Waals surface area contributed by atoms with Gasteiger partial charge in [-0.1, -0.05) is 42.5 Å². The molecule has 0 saturated carbocycles. The van der Waals surface area contributed by atoms with Crippen molar-refractivity contribution in [3.8, 4) is 17.2 Å². The van der Waals surface area contributed by atoms with E-state index in [0.29, 0.717) is 30.7 Å². The summed E-state index contributed by atoms with van der Waals surface area (Å²) in [6.07, 6.45) is 3.90. The maximum Gasteiger partial charge on any atom is 0.247 e. The first-order chi connectivity index (χ1) is 12.8. The van der Waals surface area contributed by atoms with Crippen LogP contribution in [0.15, 0.2) is 65.1 Å². The molecule has 3 aromatic rings. The zero-order chi connectivity index (χ0) is 18.0. The summed E-state index contributed by atoms with van der Waals surface area (Å²) in [6, 6.07) is 17.7. The van der Waals surface area contributed by atoms with Crippen LogP contribution < -0.4 is 10.5 Å². The molecule has 2 aromatic carbocycles. The van der Waals surface area contributed by atoms with Crippen molar-refractivity contribution in [1.29, 1.82) is 0 Å². The van der Waals surface area contributed by atoms with E-state index >= 15 is 0 Å². The fourth-order valence-corrected chi connectivity index (χ4v) is 2.90. The van der Waals surface area contributed by atoms with E-state index < -0.39 is 0 Å². The average molecular weight is 367 g/mol. The SMILES string of the molecule is NCC=Cc1ccc(-c2nnc(CSCCOc3ccccc3)o2)cc1. The van der Waals surface area contributed by atoms with Crippen LogP contribution in [-0.4, -0.2) is 29.1 Å². The molecule has 0 saturated heterocycles. The third-order valence-electron chi connectivity index (χ3n) is 3.54. The van der Waals surface area contributed by atoms with Crippen LogP contribution in [0, 0.1) is 0 Å². The number of rotatable bonds is 9. The van der Waals surface area contributed by atoms with Gasteiger partial charge in [-0.05, 0) is 29.8 Å². The molecule has 3 rings (SSSR count). The molecule has 0 amide bonds. The third-order valence-corrected chi connectivity index (χ3v) is 4.44. The molecular formula is C20H21N3O2S. The molecule has 26 heavy (non-hydrogen) atoms. The summed E-state index contributed by atoms with van der Waals surface area (Å²) in [4.78, 5) is 0. The molecule has 0 unspecified atom stereocenters. The highest BCUT2D eigenvalue weighted by Gasteiger charge is 2.08. The van der Waals surface area contributed by atoms with Gasteiger partial charge in [-0.3, -0.25) is 0 Å². The second-order valence-corrected chi connectivity index (χ2v) is 6.58. The third kappa shape index (κ3) is 5.47. The highest BCUT2D eigenvalue weighted by Crippen LogP contribution is 2.21. The summed E-state index contributed by atoms with van der Waals surface area (Å²) < 4.78 is 11.4. The lowest BCUT2D eigenvalue weighted by Crippen LogP contribution is -2.00. The van der Waals surface area contributed by atoms with Gasteiger partial charge in [0.25, 0.3) is 0 Å². The number of thioether (sulfide) groups is 1. The number of nitrogens with two attached hydrogens (primary N) is 1. The molecule has 0 aliphatic carbocycles. The van der Waals surface area contributed by atoms with Gasteiger partial charge in [0.05, 0.1) is 12.4 Å². The summed E-state index contributed by atoms with van der Waals surface area (Å²) >= 11 is 1.70. The van der Waals surface area contributed by atoms with Crippen molar-refractivity contribution in [2.45, 2.75) is 5.75 Å². The first-order valence-corrected chi connectivity index (χ1v) is 9.55. The minimum Gasteiger partial charge on any atom is -0.493 e. The lowest BCUT2D eigenvalue weighted by atomic mass is 10.1. The molecule has 0 atom stereocenters. The second kappa shape index (κ2) is 9.79. The normalized spacial score (nSPS) is 11.1. The van der Waals surface area contributed by atoms with Crippen LogP contribution in [-0.2, 0) is 5.75 Å². The lowest BCUT2D eigenvalue weighted by Gasteiger charge is -2.04. The van der Waals surface area contributed by atoms with Crippen LogP contribution in [0.4, 0.5) is 0 Å². The second-order valence-electron chi connectivity index (χ2n) is 5.48. The molecule has 0 aliphatic heterocycles. The molecule has 1 aromatic heterocycles. The van der Waals surface area contributed by atoms with Crippen LogP contribution in [0.2, 0.25) is 0 Å². The standard InChI is InChI=1S/C20H21N3O2S/c21-12-4-5-16-8-10-17(11-9-16)20-23-22-19(25-20)15-26-14-13-24-18-6-2-1-3-7-18/h1-11H,12-15,21H2. The van der Waals surface area contributed by atoms with Crippen LogP contribution in [0.1, 0.15) is 11.5 Å². The van der Waals surface area contributed by atoms with E-state index in [4.69, 9.17) is 14.9 Å². The van der Waals surface area contributed by atoms with Crippen molar-refractivity contribution in [3.63, 3.8) is 0 Å². The fourth-order valence-electron chi connectivity index (χ4n) is 2.26. The Labute approximate surface area is 157 Å². The minimum atomic E-state index is 0.531. The number of benzene rings is 2. The van der Waals surface area contributed by atoms with Crippen molar-refractivity contribution in [3.05, 3.63) is 72.1 Å². The Balaban J connectivity index is 1.45. The topological polar surface area (TPSA) is 74.2 Å². The first-order valence-electron chi connectivity index (χ1n) is 8.40. The molecule has 0 fully saturated rings. The number of para-hydroxylation sites is 1. The maximum absolute atomic E-state index is 5.73. The Kier molecular flexibility index (Phi) is 6.87. The number of ether oxygens (including phenoxy) is 1. The zero-order valence-electron chi connectivity index (χ0n) is 14.4. The molecule has 0 aliphatic rings. The fraction of sp³-hybridized carbons (Fsp3) is 0.200. The van der Waals surface area contributed by atoms with Gasteiger partial charge in [0.1, 0.15) is 5.75 Å². The van der Waals surface area contributed by atoms with Gasteiger partial charge in [0.2, 0.25) is 11.8 Å². The summed E-state index contributed by atoms with van der Waals surface area (Å²) in [5.74, 6) is 3.57. The number of hydrogen-bond acceptors (Lipinski definition) is 6. The van der Waals surface area contributed by atoms with Gasteiger partial charge in [0.15, 0.2) is 0 Å². The Morgan fingerprint density at radius 3 is 2.62 bits per heavy atom.